The maximum atomic E-state index is 12.8. The van der Waals surface area contributed by atoms with E-state index in [0.29, 0.717) is 13.2 Å². The average molecular weight is 409 g/mol. The first-order chi connectivity index (χ1) is 14.3. The summed E-state index contributed by atoms with van der Waals surface area (Å²) in [5.74, 6) is 0.134. The first kappa shape index (κ1) is 20.2. The third kappa shape index (κ3) is 3.18. The van der Waals surface area contributed by atoms with Crippen molar-refractivity contribution in [2.24, 2.45) is 5.41 Å². The maximum absolute atomic E-state index is 12.8. The van der Waals surface area contributed by atoms with Crippen LogP contribution in [0.3, 0.4) is 0 Å². The number of benzene rings is 1. The number of hydrogen-bond acceptors (Lipinski definition) is 5. The van der Waals surface area contributed by atoms with Gasteiger partial charge >= 0.3 is 5.97 Å². The molecule has 7 nitrogen and oxygen atoms in total. The monoisotopic (exact) mass is 409 g/mol. The molecule has 0 N–H and O–H groups in total. The van der Waals surface area contributed by atoms with Crippen LogP contribution in [0.15, 0.2) is 35.3 Å². The van der Waals surface area contributed by atoms with Gasteiger partial charge < -0.3 is 14.0 Å². The van der Waals surface area contributed by atoms with Gasteiger partial charge in [0.1, 0.15) is 16.8 Å². The van der Waals surface area contributed by atoms with Crippen LogP contribution in [0, 0.1) is 5.41 Å². The van der Waals surface area contributed by atoms with E-state index in [9.17, 15) is 9.59 Å². The van der Waals surface area contributed by atoms with Gasteiger partial charge in [0.15, 0.2) is 5.43 Å². The number of esters is 1. The summed E-state index contributed by atoms with van der Waals surface area (Å²) in [6, 6.07) is 7.36. The van der Waals surface area contributed by atoms with Crippen molar-refractivity contribution in [3.63, 3.8) is 0 Å². The molecule has 1 unspecified atom stereocenters. The first-order valence-corrected chi connectivity index (χ1v) is 10.3. The minimum atomic E-state index is -0.590. The van der Waals surface area contributed by atoms with E-state index >= 15 is 0 Å². The Morgan fingerprint density at radius 2 is 2.00 bits per heavy atom. The summed E-state index contributed by atoms with van der Waals surface area (Å²) in [5, 5.41) is 5.76. The number of nitrogens with zero attached hydrogens (tertiary/aromatic N) is 3. The van der Waals surface area contributed by atoms with Crippen molar-refractivity contribution in [2.45, 2.75) is 47.2 Å². The Balaban J connectivity index is 2.01. The molecule has 0 amide bonds. The zero-order valence-corrected chi connectivity index (χ0v) is 18.1. The molecule has 1 atom stereocenters. The molecule has 1 aliphatic rings. The van der Waals surface area contributed by atoms with Gasteiger partial charge in [-0.3, -0.25) is 9.48 Å². The minimum absolute atomic E-state index is 0.00127. The Kier molecular flexibility index (Phi) is 4.92. The summed E-state index contributed by atoms with van der Waals surface area (Å²) in [7, 11) is 0. The van der Waals surface area contributed by atoms with Crippen molar-refractivity contribution in [3.05, 3.63) is 46.2 Å². The van der Waals surface area contributed by atoms with E-state index in [1.54, 1.807) is 13.1 Å². The van der Waals surface area contributed by atoms with Gasteiger partial charge in [0.2, 0.25) is 0 Å². The topological polar surface area (TPSA) is 75.3 Å². The Labute approximate surface area is 175 Å². The largest absolute Gasteiger partial charge is 0.492 e. The third-order valence-electron chi connectivity index (χ3n) is 5.53. The molecule has 4 rings (SSSR count). The van der Waals surface area contributed by atoms with Gasteiger partial charge in [-0.05, 0) is 25.3 Å². The lowest BCUT2D eigenvalue weighted by Crippen LogP contribution is -2.35. The molecular weight excluding hydrogens is 382 g/mol. The third-order valence-corrected chi connectivity index (χ3v) is 5.53. The fourth-order valence-corrected chi connectivity index (χ4v) is 4.10. The molecule has 30 heavy (non-hydrogen) atoms. The van der Waals surface area contributed by atoms with Crippen molar-refractivity contribution >= 4 is 16.9 Å². The van der Waals surface area contributed by atoms with Crippen molar-refractivity contribution in [1.29, 1.82) is 0 Å². The van der Waals surface area contributed by atoms with Crippen LogP contribution >= 0.6 is 0 Å². The molecule has 0 radical (unpaired) electrons. The zero-order chi connectivity index (χ0) is 21.6. The molecule has 2 aromatic heterocycles. The highest BCUT2D eigenvalue weighted by molar-refractivity contribution is 5.97. The first-order valence-electron chi connectivity index (χ1n) is 10.3. The van der Waals surface area contributed by atoms with Gasteiger partial charge in [-0.2, -0.15) is 5.10 Å². The van der Waals surface area contributed by atoms with E-state index in [-0.39, 0.29) is 29.1 Å². The van der Waals surface area contributed by atoms with E-state index < -0.39 is 5.97 Å². The van der Waals surface area contributed by atoms with Crippen LogP contribution in [0.25, 0.3) is 22.3 Å². The predicted molar refractivity (Wildman–Crippen MR) is 115 cm³/mol. The second-order valence-electron chi connectivity index (χ2n) is 8.56. The molecule has 0 spiro atoms. The molecule has 1 aromatic carbocycles. The summed E-state index contributed by atoms with van der Waals surface area (Å²) in [5.41, 5.74) is 1.96. The summed E-state index contributed by atoms with van der Waals surface area (Å²) in [6.45, 7) is 11.5. The second kappa shape index (κ2) is 7.31. The number of ether oxygens (including phenoxy) is 2. The Morgan fingerprint density at radius 1 is 1.23 bits per heavy atom. The van der Waals surface area contributed by atoms with Crippen LogP contribution in [0.2, 0.25) is 0 Å². The van der Waals surface area contributed by atoms with E-state index in [0.717, 1.165) is 28.0 Å². The van der Waals surface area contributed by atoms with Crippen LogP contribution in [0.5, 0.6) is 5.75 Å². The molecule has 0 fully saturated rings. The van der Waals surface area contributed by atoms with Crippen LogP contribution in [-0.4, -0.2) is 33.5 Å². The second-order valence-corrected chi connectivity index (χ2v) is 8.56. The van der Waals surface area contributed by atoms with Gasteiger partial charge in [-0.25, -0.2) is 4.79 Å². The highest BCUT2D eigenvalue weighted by Crippen LogP contribution is 2.43. The summed E-state index contributed by atoms with van der Waals surface area (Å²) >= 11 is 0. The number of carbonyl (C=O) groups excluding carboxylic acids is 1. The molecule has 0 saturated carbocycles. The molecule has 3 heterocycles. The fraction of sp³-hybridized carbons (Fsp3) is 0.435. The lowest BCUT2D eigenvalue weighted by molar-refractivity contribution is 0.0522. The Morgan fingerprint density at radius 3 is 2.67 bits per heavy atom. The normalized spacial score (nSPS) is 15.6. The van der Waals surface area contributed by atoms with E-state index in [4.69, 9.17) is 14.6 Å². The fourth-order valence-electron chi connectivity index (χ4n) is 4.10. The van der Waals surface area contributed by atoms with Crippen LogP contribution in [-0.2, 0) is 11.3 Å². The van der Waals surface area contributed by atoms with Crippen molar-refractivity contribution in [2.75, 3.05) is 13.2 Å². The number of hydrogen-bond donors (Lipinski definition) is 0. The van der Waals surface area contributed by atoms with Gasteiger partial charge in [0.05, 0.1) is 37.2 Å². The summed E-state index contributed by atoms with van der Waals surface area (Å²) < 4.78 is 14.9. The van der Waals surface area contributed by atoms with Crippen LogP contribution in [0.1, 0.15) is 51.0 Å². The van der Waals surface area contributed by atoms with Gasteiger partial charge in [-0.15, -0.1) is 0 Å². The van der Waals surface area contributed by atoms with Crippen molar-refractivity contribution < 1.29 is 14.3 Å². The minimum Gasteiger partial charge on any atom is -0.492 e. The van der Waals surface area contributed by atoms with Gasteiger partial charge in [-0.1, -0.05) is 32.9 Å². The van der Waals surface area contributed by atoms with Crippen molar-refractivity contribution in [1.82, 2.24) is 14.3 Å². The lowest BCUT2D eigenvalue weighted by atomic mass is 9.85. The van der Waals surface area contributed by atoms with Gasteiger partial charge in [0.25, 0.3) is 0 Å². The highest BCUT2D eigenvalue weighted by Gasteiger charge is 2.35. The molecule has 3 aromatic rings. The smallest absolute Gasteiger partial charge is 0.343 e. The number of rotatable bonds is 4. The SMILES string of the molecule is CCOC(=O)c1cn2c(cc1=O)-c1c3cccc(OCC)c3nn1CC2C(C)(C)C. The number of aromatic nitrogens is 3. The molecule has 7 heteroatoms. The molecule has 158 valence electrons. The summed E-state index contributed by atoms with van der Waals surface area (Å²) in [6.07, 6.45) is 1.65. The maximum Gasteiger partial charge on any atom is 0.343 e. The molecular formula is C23H27N3O4. The number of fused-ring (bicyclic) bond motifs is 5. The molecule has 0 bridgehead atoms. The number of carbonyl (C=O) groups is 1. The molecule has 0 saturated heterocycles. The molecule has 0 aliphatic carbocycles. The standard InChI is InChI=1S/C23H27N3O4/c1-6-29-18-10-8-9-14-20(18)24-26-13-19(23(3,4)5)25-12-15(22(28)30-7-2)17(27)11-16(25)21(14)26/h8-12,19H,6-7,13H2,1-5H3. The van der Waals surface area contributed by atoms with Crippen molar-refractivity contribution in [3.8, 4) is 17.1 Å². The van der Waals surface area contributed by atoms with E-state index in [1.165, 1.54) is 6.07 Å². The zero-order valence-electron chi connectivity index (χ0n) is 18.1. The predicted octanol–water partition coefficient (Wildman–Crippen LogP) is 4.04. The van der Waals surface area contributed by atoms with E-state index in [1.807, 2.05) is 34.4 Å². The quantitative estimate of drug-likeness (QED) is 0.608. The lowest BCUT2D eigenvalue weighted by Gasteiger charge is -2.38. The van der Waals surface area contributed by atoms with Gasteiger partial charge in [0, 0.05) is 17.6 Å². The summed E-state index contributed by atoms with van der Waals surface area (Å²) in [4.78, 5) is 25.2. The number of pyridine rings is 1. The molecule has 1 aliphatic heterocycles. The Hall–Kier alpha value is -3.09. The average Bonchev–Trinajstić information content (AvgIpc) is 3.06. The van der Waals surface area contributed by atoms with Crippen LogP contribution < -0.4 is 10.2 Å². The van der Waals surface area contributed by atoms with E-state index in [2.05, 4.69) is 20.8 Å². The highest BCUT2D eigenvalue weighted by atomic mass is 16.5. The Bertz CT molecular complexity index is 1180. The van der Waals surface area contributed by atoms with Crippen LogP contribution in [0.4, 0.5) is 0 Å².